The van der Waals surface area contributed by atoms with Crippen molar-refractivity contribution in [2.24, 2.45) is 51.6 Å². The Kier molecular flexibility index (Phi) is 3.27. The van der Waals surface area contributed by atoms with Crippen molar-refractivity contribution in [2.75, 3.05) is 12.9 Å². The zero-order valence-corrected chi connectivity index (χ0v) is 17.8. The molecule has 9 atom stereocenters. The maximum atomic E-state index is 10.4. The SMILES string of the molecule is COC1(C)C2C3C2C3(C23CC2C3(N)C(C)O)C(C)(C)C1CCSC(C)O. The molecule has 0 radical (unpaired) electrons. The summed E-state index contributed by atoms with van der Waals surface area (Å²) in [6, 6.07) is 0. The predicted octanol–water partition coefficient (Wildman–Crippen LogP) is 2.47. The van der Waals surface area contributed by atoms with Crippen molar-refractivity contribution in [3.63, 3.8) is 0 Å². The van der Waals surface area contributed by atoms with Crippen molar-refractivity contribution in [3.05, 3.63) is 0 Å². The Morgan fingerprint density at radius 1 is 1.15 bits per heavy atom. The van der Waals surface area contributed by atoms with Gasteiger partial charge < -0.3 is 20.7 Å². The first-order chi connectivity index (χ1) is 12.0. The third kappa shape index (κ3) is 1.50. The average Bonchev–Trinajstić information content (AvgIpc) is 3.37. The molecule has 5 aliphatic rings. The van der Waals surface area contributed by atoms with Crippen LogP contribution in [0.3, 0.4) is 0 Å². The summed E-state index contributed by atoms with van der Waals surface area (Å²) in [5.41, 5.74) is 6.68. The van der Waals surface area contributed by atoms with Crippen molar-refractivity contribution in [1.82, 2.24) is 0 Å². The van der Waals surface area contributed by atoms with Crippen LogP contribution in [0.1, 0.15) is 47.5 Å². The maximum Gasteiger partial charge on any atom is 0.0964 e. The second-order valence-electron chi connectivity index (χ2n) is 10.7. The van der Waals surface area contributed by atoms with Crippen LogP contribution in [-0.2, 0) is 4.74 Å². The van der Waals surface area contributed by atoms with Crippen LogP contribution in [0.2, 0.25) is 0 Å². The van der Waals surface area contributed by atoms with Crippen LogP contribution < -0.4 is 5.73 Å². The highest BCUT2D eigenvalue weighted by Crippen LogP contribution is 3.08. The topological polar surface area (TPSA) is 75.7 Å². The first kappa shape index (κ1) is 18.2. The van der Waals surface area contributed by atoms with Crippen molar-refractivity contribution in [2.45, 2.75) is 70.1 Å². The van der Waals surface area contributed by atoms with E-state index in [1.807, 2.05) is 21.0 Å². The molecule has 0 saturated heterocycles. The van der Waals surface area contributed by atoms with Gasteiger partial charge in [0.05, 0.1) is 22.7 Å². The van der Waals surface area contributed by atoms with Gasteiger partial charge in [0, 0.05) is 12.5 Å². The summed E-state index contributed by atoms with van der Waals surface area (Å²) in [7, 11) is 1.88. The minimum atomic E-state index is -0.412. The number of aliphatic hydroxyl groups excluding tert-OH is 2. The van der Waals surface area contributed by atoms with Crippen LogP contribution in [0.5, 0.6) is 0 Å². The molecule has 0 spiro atoms. The number of hydrogen-bond donors (Lipinski definition) is 3. The Balaban J connectivity index is 1.48. The molecule has 0 aromatic rings. The molecular weight excluding hydrogens is 346 g/mol. The Morgan fingerprint density at radius 2 is 1.77 bits per heavy atom. The lowest BCUT2D eigenvalue weighted by Crippen LogP contribution is -2.64. The van der Waals surface area contributed by atoms with E-state index < -0.39 is 6.10 Å². The number of nitrogens with two attached hydrogens (primary N) is 1. The highest BCUT2D eigenvalue weighted by atomic mass is 32.2. The van der Waals surface area contributed by atoms with Crippen LogP contribution in [-0.4, -0.2) is 45.8 Å². The van der Waals surface area contributed by atoms with E-state index in [1.54, 1.807) is 11.8 Å². The molecule has 5 aliphatic carbocycles. The van der Waals surface area contributed by atoms with Crippen LogP contribution in [0, 0.1) is 45.8 Å². The lowest BCUT2D eigenvalue weighted by molar-refractivity contribution is -0.211. The monoisotopic (exact) mass is 381 g/mol. The quantitative estimate of drug-likeness (QED) is 0.591. The third-order valence-electron chi connectivity index (χ3n) is 10.1. The fourth-order valence-corrected chi connectivity index (χ4v) is 9.80. The van der Waals surface area contributed by atoms with Gasteiger partial charge in [-0.1, -0.05) is 13.8 Å². The molecule has 4 N–H and O–H groups in total. The summed E-state index contributed by atoms with van der Waals surface area (Å²) in [5.74, 6) is 4.11. The van der Waals surface area contributed by atoms with Crippen LogP contribution in [0.25, 0.3) is 0 Å². The zero-order chi connectivity index (χ0) is 19.1. The minimum Gasteiger partial charge on any atom is -0.391 e. The molecule has 5 saturated carbocycles. The number of aliphatic hydroxyl groups is 2. The average molecular weight is 382 g/mol. The molecule has 5 heteroatoms. The summed E-state index contributed by atoms with van der Waals surface area (Å²) in [6.45, 7) is 11.0. The first-order valence-corrected chi connectivity index (χ1v) is 11.4. The summed E-state index contributed by atoms with van der Waals surface area (Å²) < 4.78 is 6.19. The Morgan fingerprint density at radius 3 is 2.19 bits per heavy atom. The standard InChI is InChI=1S/C21H35NO3S/c1-10(23)21(22)13-9-19(13,21)20-15-14(16(15)20)18(5,25-6)12(17(20,3)4)7-8-26-11(2)24/h10-16,23-24H,7-9,22H2,1-6H3. The van der Waals surface area contributed by atoms with E-state index >= 15 is 0 Å². The molecule has 0 aliphatic heterocycles. The zero-order valence-electron chi connectivity index (χ0n) is 17.0. The Bertz CT molecular complexity index is 656. The van der Waals surface area contributed by atoms with Gasteiger partial charge in [-0.05, 0) is 79.8 Å². The number of hydrogen-bond acceptors (Lipinski definition) is 5. The smallest absolute Gasteiger partial charge is 0.0964 e. The molecule has 0 aromatic carbocycles. The summed E-state index contributed by atoms with van der Waals surface area (Å²) in [6.07, 6.45) is 1.87. The van der Waals surface area contributed by atoms with E-state index in [0.717, 1.165) is 24.0 Å². The molecule has 5 fully saturated rings. The molecule has 5 rings (SSSR count). The van der Waals surface area contributed by atoms with E-state index in [2.05, 4.69) is 20.8 Å². The second kappa shape index (κ2) is 4.67. The fourth-order valence-electron chi connectivity index (χ4n) is 9.09. The largest absolute Gasteiger partial charge is 0.391 e. The molecule has 0 heterocycles. The van der Waals surface area contributed by atoms with Gasteiger partial charge >= 0.3 is 0 Å². The molecule has 4 nitrogen and oxygen atoms in total. The first-order valence-electron chi connectivity index (χ1n) is 10.3. The van der Waals surface area contributed by atoms with Gasteiger partial charge in [-0.15, -0.1) is 11.8 Å². The highest BCUT2D eigenvalue weighted by molar-refractivity contribution is 7.99. The number of fused-ring (bicyclic) bond motifs is 4. The second-order valence-corrected chi connectivity index (χ2v) is 12.1. The third-order valence-corrected chi connectivity index (χ3v) is 11.1. The van der Waals surface area contributed by atoms with Gasteiger partial charge in [0.2, 0.25) is 0 Å². The van der Waals surface area contributed by atoms with E-state index in [1.165, 1.54) is 6.42 Å². The molecule has 148 valence electrons. The summed E-state index contributed by atoms with van der Waals surface area (Å²) >= 11 is 1.63. The van der Waals surface area contributed by atoms with E-state index in [0.29, 0.717) is 23.2 Å². The fraction of sp³-hybridized carbons (Fsp3) is 1.00. The van der Waals surface area contributed by atoms with Crippen LogP contribution in [0.4, 0.5) is 0 Å². The van der Waals surface area contributed by atoms with Gasteiger partial charge in [0.1, 0.15) is 0 Å². The Labute approximate surface area is 161 Å². The van der Waals surface area contributed by atoms with Crippen molar-refractivity contribution in [1.29, 1.82) is 0 Å². The maximum absolute atomic E-state index is 10.4. The van der Waals surface area contributed by atoms with Crippen molar-refractivity contribution in [3.8, 4) is 0 Å². The number of rotatable bonds is 7. The van der Waals surface area contributed by atoms with Gasteiger partial charge in [0.25, 0.3) is 0 Å². The molecular formula is C21H35NO3S. The van der Waals surface area contributed by atoms with E-state index in [9.17, 15) is 10.2 Å². The van der Waals surface area contributed by atoms with Gasteiger partial charge in [-0.2, -0.15) is 0 Å². The van der Waals surface area contributed by atoms with Crippen molar-refractivity contribution >= 4 is 11.8 Å². The normalized spacial score (nSPS) is 62.0. The highest BCUT2D eigenvalue weighted by Gasteiger charge is 3.09. The molecule has 0 aromatic heterocycles. The predicted molar refractivity (Wildman–Crippen MR) is 103 cm³/mol. The van der Waals surface area contributed by atoms with Gasteiger partial charge in [0.15, 0.2) is 0 Å². The lowest BCUT2D eigenvalue weighted by Gasteiger charge is -2.62. The van der Waals surface area contributed by atoms with Crippen molar-refractivity contribution < 1.29 is 14.9 Å². The number of ether oxygens (including phenoxy) is 1. The van der Waals surface area contributed by atoms with Crippen LogP contribution >= 0.6 is 11.8 Å². The number of thioether (sulfide) groups is 1. The molecule has 26 heavy (non-hydrogen) atoms. The molecule has 9 unspecified atom stereocenters. The lowest BCUT2D eigenvalue weighted by atomic mass is 9.45. The molecule has 0 amide bonds. The van der Waals surface area contributed by atoms with E-state index in [-0.39, 0.29) is 27.4 Å². The minimum absolute atomic E-state index is 0.0716. The Hall–Kier alpha value is 0.190. The summed E-state index contributed by atoms with van der Waals surface area (Å²) in [4.78, 5) is 0. The summed E-state index contributed by atoms with van der Waals surface area (Å²) in [5, 5.41) is 20.1. The molecule has 0 bridgehead atoms. The number of methoxy groups -OCH3 is 1. The van der Waals surface area contributed by atoms with Crippen LogP contribution in [0.15, 0.2) is 0 Å². The van der Waals surface area contributed by atoms with Gasteiger partial charge in [-0.3, -0.25) is 0 Å². The van der Waals surface area contributed by atoms with E-state index in [4.69, 9.17) is 10.5 Å². The van der Waals surface area contributed by atoms with Gasteiger partial charge in [-0.25, -0.2) is 0 Å².